The second-order valence-electron chi connectivity index (χ2n) is 3.65. The van der Waals surface area contributed by atoms with Gasteiger partial charge < -0.3 is 14.6 Å². The van der Waals surface area contributed by atoms with E-state index in [0.29, 0.717) is 16.7 Å². The van der Waals surface area contributed by atoms with Crippen LogP contribution in [0.15, 0.2) is 0 Å². The van der Waals surface area contributed by atoms with Gasteiger partial charge in [-0.3, -0.25) is 0 Å². The maximum absolute atomic E-state index is 11.4. The average Bonchev–Trinajstić information content (AvgIpc) is 2.61. The van der Waals surface area contributed by atoms with Crippen molar-refractivity contribution in [1.29, 1.82) is 0 Å². The molecular formula is C12H12O5. The first-order chi connectivity index (χ1) is 7.95. The van der Waals surface area contributed by atoms with Crippen molar-refractivity contribution >= 4 is 18.7 Å². The third-order valence-corrected chi connectivity index (χ3v) is 2.87. The highest BCUT2D eigenvalue weighted by Gasteiger charge is 2.35. The number of phenols is 1. The summed E-state index contributed by atoms with van der Waals surface area (Å²) in [5.74, 6) is -1.25. The fourth-order valence-electron chi connectivity index (χ4n) is 1.84. The zero-order chi connectivity index (χ0) is 13.3. The summed E-state index contributed by atoms with van der Waals surface area (Å²) < 4.78 is 4.51. The van der Waals surface area contributed by atoms with E-state index in [2.05, 4.69) is 4.74 Å². The van der Waals surface area contributed by atoms with Crippen LogP contribution < -0.4 is 0 Å². The Hall–Kier alpha value is -2.17. The number of esters is 2. The van der Waals surface area contributed by atoms with Crippen molar-refractivity contribution in [2.45, 2.75) is 20.8 Å². The van der Waals surface area contributed by atoms with Gasteiger partial charge in [-0.2, -0.15) is 0 Å². The van der Waals surface area contributed by atoms with Crippen LogP contribution in [0.1, 0.15) is 37.4 Å². The molecule has 1 aliphatic rings. The molecule has 1 aromatic rings. The number of carbonyl (C=O) groups excluding carboxylic acids is 3. The number of aromatic hydroxyl groups is 1. The Labute approximate surface area is 98.0 Å². The summed E-state index contributed by atoms with van der Waals surface area (Å²) in [4.78, 5) is 30.7. The first kappa shape index (κ1) is 12.9. The second kappa shape index (κ2) is 4.37. The maximum atomic E-state index is 11.4. The molecule has 0 aliphatic carbocycles. The van der Waals surface area contributed by atoms with Gasteiger partial charge in [-0.25, -0.2) is 9.59 Å². The molecule has 0 saturated carbocycles. The van der Waals surface area contributed by atoms with Gasteiger partial charge in [0.15, 0.2) is 0 Å². The molecule has 0 aromatic heterocycles. The van der Waals surface area contributed by atoms with E-state index in [1.165, 1.54) is 0 Å². The third kappa shape index (κ3) is 1.69. The number of carbonyl (C=O) groups is 3. The lowest BCUT2D eigenvalue weighted by Gasteiger charge is -2.09. The SMILES string of the molecule is C=O.Cc1c(C)c2c(c(C)c1O)C(=O)OC2=O. The molecule has 1 N–H and O–H groups in total. The molecular weight excluding hydrogens is 224 g/mol. The van der Waals surface area contributed by atoms with Gasteiger partial charge in [0.1, 0.15) is 12.5 Å². The Kier molecular flexibility index (Phi) is 3.31. The van der Waals surface area contributed by atoms with E-state index >= 15 is 0 Å². The summed E-state index contributed by atoms with van der Waals surface area (Å²) in [7, 11) is 0. The lowest BCUT2D eigenvalue weighted by molar-refractivity contribution is -0.0980. The van der Waals surface area contributed by atoms with Gasteiger partial charge in [-0.05, 0) is 31.9 Å². The fraction of sp³-hybridized carbons (Fsp3) is 0.250. The number of rotatable bonds is 0. The van der Waals surface area contributed by atoms with Crippen LogP contribution in [0.5, 0.6) is 5.75 Å². The molecule has 0 atom stereocenters. The van der Waals surface area contributed by atoms with E-state index in [0.717, 1.165) is 0 Å². The van der Waals surface area contributed by atoms with Crippen molar-refractivity contribution in [2.75, 3.05) is 0 Å². The summed E-state index contributed by atoms with van der Waals surface area (Å²) in [5, 5.41) is 9.74. The minimum atomic E-state index is -0.675. The zero-order valence-electron chi connectivity index (χ0n) is 9.79. The third-order valence-electron chi connectivity index (χ3n) is 2.87. The molecule has 0 unspecified atom stereocenters. The fourth-order valence-corrected chi connectivity index (χ4v) is 1.84. The van der Waals surface area contributed by atoms with Crippen molar-refractivity contribution in [1.82, 2.24) is 0 Å². The Balaban J connectivity index is 0.000000686. The zero-order valence-corrected chi connectivity index (χ0v) is 9.79. The topological polar surface area (TPSA) is 80.7 Å². The van der Waals surface area contributed by atoms with Crippen molar-refractivity contribution < 1.29 is 24.2 Å². The molecule has 2 rings (SSSR count). The van der Waals surface area contributed by atoms with Crippen molar-refractivity contribution in [2.24, 2.45) is 0 Å². The molecule has 17 heavy (non-hydrogen) atoms. The molecule has 5 heteroatoms. The highest BCUT2D eigenvalue weighted by Crippen LogP contribution is 2.35. The van der Waals surface area contributed by atoms with E-state index in [1.54, 1.807) is 20.8 Å². The van der Waals surface area contributed by atoms with Crippen LogP contribution in [0, 0.1) is 20.8 Å². The summed E-state index contributed by atoms with van der Waals surface area (Å²) in [6.07, 6.45) is 0. The van der Waals surface area contributed by atoms with Crippen LogP contribution in [-0.4, -0.2) is 23.8 Å². The monoisotopic (exact) mass is 236 g/mol. The summed E-state index contributed by atoms with van der Waals surface area (Å²) in [6.45, 7) is 6.99. The smallest absolute Gasteiger partial charge is 0.347 e. The maximum Gasteiger partial charge on any atom is 0.347 e. The molecule has 0 saturated heterocycles. The number of benzene rings is 1. The number of ether oxygens (including phenoxy) is 1. The molecule has 90 valence electrons. The van der Waals surface area contributed by atoms with Crippen LogP contribution in [0.2, 0.25) is 0 Å². The predicted molar refractivity (Wildman–Crippen MR) is 59.2 cm³/mol. The van der Waals surface area contributed by atoms with Crippen LogP contribution in [0.4, 0.5) is 0 Å². The van der Waals surface area contributed by atoms with Crippen LogP contribution >= 0.6 is 0 Å². The van der Waals surface area contributed by atoms with Crippen LogP contribution in [0.3, 0.4) is 0 Å². The van der Waals surface area contributed by atoms with Gasteiger partial charge in [-0.15, -0.1) is 0 Å². The molecule has 1 heterocycles. The molecule has 0 bridgehead atoms. The van der Waals surface area contributed by atoms with Gasteiger partial charge in [0.2, 0.25) is 0 Å². The summed E-state index contributed by atoms with van der Waals surface area (Å²) >= 11 is 0. The molecule has 5 nitrogen and oxygen atoms in total. The molecule has 0 radical (unpaired) electrons. The Morgan fingerprint density at radius 1 is 0.882 bits per heavy atom. The Morgan fingerprint density at radius 2 is 1.29 bits per heavy atom. The van der Waals surface area contributed by atoms with E-state index in [9.17, 15) is 14.7 Å². The highest BCUT2D eigenvalue weighted by molar-refractivity contribution is 6.16. The van der Waals surface area contributed by atoms with Gasteiger partial charge in [0.25, 0.3) is 0 Å². The van der Waals surface area contributed by atoms with E-state index in [4.69, 9.17) is 4.79 Å². The van der Waals surface area contributed by atoms with Crippen molar-refractivity contribution in [3.8, 4) is 5.75 Å². The lowest BCUT2D eigenvalue weighted by Crippen LogP contribution is -2.01. The largest absolute Gasteiger partial charge is 0.507 e. The number of hydrogen-bond donors (Lipinski definition) is 1. The Morgan fingerprint density at radius 3 is 1.76 bits per heavy atom. The standard InChI is InChI=1S/C11H10O4.CH2O/c1-4-5(2)9(12)6(3)8-7(4)10(13)15-11(8)14;1-2/h12H,1-3H3;1H2. The molecule has 1 aliphatic heterocycles. The van der Waals surface area contributed by atoms with Crippen LogP contribution in [-0.2, 0) is 9.53 Å². The minimum absolute atomic E-state index is 0.0536. The van der Waals surface area contributed by atoms with E-state index < -0.39 is 11.9 Å². The molecule has 0 fully saturated rings. The Bertz CT molecular complexity index is 471. The van der Waals surface area contributed by atoms with Crippen molar-refractivity contribution in [3.05, 3.63) is 27.8 Å². The van der Waals surface area contributed by atoms with Crippen LogP contribution in [0.25, 0.3) is 0 Å². The normalized spacial score (nSPS) is 12.6. The van der Waals surface area contributed by atoms with Gasteiger partial charge >= 0.3 is 11.9 Å². The highest BCUT2D eigenvalue weighted by atomic mass is 16.6. The van der Waals surface area contributed by atoms with E-state index in [-0.39, 0.29) is 16.9 Å². The molecule has 0 spiro atoms. The molecule has 0 amide bonds. The quantitative estimate of drug-likeness (QED) is 0.544. The summed E-state index contributed by atoms with van der Waals surface area (Å²) in [5.41, 5.74) is 2.10. The number of phenolic OH excluding ortho intramolecular Hbond substituents is 1. The minimum Gasteiger partial charge on any atom is -0.507 e. The number of cyclic esters (lactones) is 2. The summed E-state index contributed by atoms with van der Waals surface area (Å²) in [6, 6.07) is 0. The number of hydrogen-bond acceptors (Lipinski definition) is 5. The van der Waals surface area contributed by atoms with Crippen molar-refractivity contribution in [3.63, 3.8) is 0 Å². The first-order valence-corrected chi connectivity index (χ1v) is 4.83. The van der Waals surface area contributed by atoms with Gasteiger partial charge in [0.05, 0.1) is 11.1 Å². The average molecular weight is 236 g/mol. The second-order valence-corrected chi connectivity index (χ2v) is 3.65. The van der Waals surface area contributed by atoms with E-state index in [1.807, 2.05) is 6.79 Å². The lowest BCUT2D eigenvalue weighted by atomic mass is 9.93. The van der Waals surface area contributed by atoms with Gasteiger partial charge in [0, 0.05) is 5.56 Å². The first-order valence-electron chi connectivity index (χ1n) is 4.83. The predicted octanol–water partition coefficient (Wildman–Crippen LogP) is 1.44. The number of fused-ring (bicyclic) bond motifs is 1. The molecule has 1 aromatic carbocycles. The van der Waals surface area contributed by atoms with Gasteiger partial charge in [-0.1, -0.05) is 0 Å².